The second-order valence-corrected chi connectivity index (χ2v) is 3.97. The topological polar surface area (TPSA) is 48.1 Å². The lowest BCUT2D eigenvalue weighted by molar-refractivity contribution is 0.296. The molecule has 0 aliphatic rings. The molecule has 1 aromatic carbocycles. The maximum absolute atomic E-state index is 13.9. The number of nitrogens with zero attached hydrogens (tertiary/aromatic N) is 1. The van der Waals surface area contributed by atoms with Crippen LogP contribution in [0.2, 0.25) is 0 Å². The lowest BCUT2D eigenvalue weighted by Gasteiger charge is -2.10. The van der Waals surface area contributed by atoms with Crippen LogP contribution in [0.4, 0.5) is 4.39 Å². The maximum Gasteiger partial charge on any atom is 0.141 e. The van der Waals surface area contributed by atoms with Crippen molar-refractivity contribution in [1.29, 1.82) is 0 Å². The fraction of sp³-hybridized carbons (Fsp3) is 0.214. The van der Waals surface area contributed by atoms with Crippen molar-refractivity contribution in [3.63, 3.8) is 0 Å². The Balaban J connectivity index is 2.14. The third kappa shape index (κ3) is 2.65. The summed E-state index contributed by atoms with van der Waals surface area (Å²) in [5.41, 5.74) is 7.25. The number of benzene rings is 1. The SMILES string of the molecule is Cc1ncccc1OCc1cccc(CN)c1F. The highest BCUT2D eigenvalue weighted by molar-refractivity contribution is 5.28. The van der Waals surface area contributed by atoms with Crippen LogP contribution in [0.25, 0.3) is 0 Å². The number of halogens is 1. The first-order valence-electron chi connectivity index (χ1n) is 5.73. The number of hydrogen-bond donors (Lipinski definition) is 1. The summed E-state index contributed by atoms with van der Waals surface area (Å²) in [7, 11) is 0. The van der Waals surface area contributed by atoms with E-state index in [1.165, 1.54) is 0 Å². The molecule has 1 heterocycles. The van der Waals surface area contributed by atoms with Gasteiger partial charge in [-0.05, 0) is 19.1 Å². The van der Waals surface area contributed by atoms with E-state index in [0.717, 1.165) is 5.69 Å². The van der Waals surface area contributed by atoms with Gasteiger partial charge >= 0.3 is 0 Å². The zero-order valence-electron chi connectivity index (χ0n) is 10.2. The van der Waals surface area contributed by atoms with Gasteiger partial charge in [-0.3, -0.25) is 4.98 Å². The van der Waals surface area contributed by atoms with Crippen molar-refractivity contribution in [1.82, 2.24) is 4.98 Å². The maximum atomic E-state index is 13.9. The van der Waals surface area contributed by atoms with Crippen molar-refractivity contribution in [3.05, 3.63) is 59.2 Å². The van der Waals surface area contributed by atoms with Gasteiger partial charge < -0.3 is 10.5 Å². The molecule has 0 amide bonds. The van der Waals surface area contributed by atoms with Gasteiger partial charge in [0.15, 0.2) is 0 Å². The Labute approximate surface area is 105 Å². The largest absolute Gasteiger partial charge is 0.487 e. The van der Waals surface area contributed by atoms with Gasteiger partial charge in [-0.1, -0.05) is 18.2 Å². The van der Waals surface area contributed by atoms with Crippen molar-refractivity contribution >= 4 is 0 Å². The van der Waals surface area contributed by atoms with E-state index >= 15 is 0 Å². The highest BCUT2D eigenvalue weighted by Crippen LogP contribution is 2.18. The van der Waals surface area contributed by atoms with Gasteiger partial charge in [0.2, 0.25) is 0 Å². The molecule has 0 spiro atoms. The standard InChI is InChI=1S/C14H15FN2O/c1-10-13(6-3-7-17-10)18-9-12-5-2-4-11(8-16)14(12)15/h2-7H,8-9,16H2,1H3. The lowest BCUT2D eigenvalue weighted by atomic mass is 10.1. The van der Waals surface area contributed by atoms with Crippen LogP contribution in [-0.2, 0) is 13.2 Å². The Morgan fingerprint density at radius 3 is 2.72 bits per heavy atom. The van der Waals surface area contributed by atoms with Gasteiger partial charge in [-0.25, -0.2) is 4.39 Å². The summed E-state index contributed by atoms with van der Waals surface area (Å²) in [6.45, 7) is 2.21. The fourth-order valence-electron chi connectivity index (χ4n) is 1.68. The predicted molar refractivity (Wildman–Crippen MR) is 67.6 cm³/mol. The number of aromatic nitrogens is 1. The Morgan fingerprint density at radius 2 is 2.00 bits per heavy atom. The minimum atomic E-state index is -0.290. The van der Waals surface area contributed by atoms with Gasteiger partial charge in [-0.15, -0.1) is 0 Å². The second-order valence-electron chi connectivity index (χ2n) is 3.97. The van der Waals surface area contributed by atoms with E-state index in [1.807, 2.05) is 13.0 Å². The first kappa shape index (κ1) is 12.5. The summed E-state index contributed by atoms with van der Waals surface area (Å²) in [6, 6.07) is 8.75. The van der Waals surface area contributed by atoms with Crippen LogP contribution in [0.1, 0.15) is 16.8 Å². The van der Waals surface area contributed by atoms with Crippen molar-refractivity contribution in [2.45, 2.75) is 20.1 Å². The van der Waals surface area contributed by atoms with E-state index in [2.05, 4.69) is 4.98 Å². The molecular weight excluding hydrogens is 231 g/mol. The Hall–Kier alpha value is -1.94. The summed E-state index contributed by atoms with van der Waals surface area (Å²) in [5.74, 6) is 0.372. The third-order valence-corrected chi connectivity index (χ3v) is 2.72. The number of aryl methyl sites for hydroxylation is 1. The smallest absolute Gasteiger partial charge is 0.141 e. The van der Waals surface area contributed by atoms with Gasteiger partial charge in [0, 0.05) is 23.9 Å². The third-order valence-electron chi connectivity index (χ3n) is 2.72. The molecule has 0 saturated carbocycles. The van der Waals surface area contributed by atoms with Crippen LogP contribution in [0.15, 0.2) is 36.5 Å². The van der Waals surface area contributed by atoms with Crippen molar-refractivity contribution in [3.8, 4) is 5.75 Å². The van der Waals surface area contributed by atoms with Gasteiger partial charge in [-0.2, -0.15) is 0 Å². The van der Waals surface area contributed by atoms with Crippen LogP contribution >= 0.6 is 0 Å². The molecule has 2 aromatic rings. The zero-order chi connectivity index (χ0) is 13.0. The molecule has 4 heteroatoms. The number of nitrogens with two attached hydrogens (primary N) is 1. The molecule has 2 rings (SSSR count). The Kier molecular flexibility index (Phi) is 3.89. The van der Waals surface area contributed by atoms with E-state index in [0.29, 0.717) is 16.9 Å². The molecule has 3 nitrogen and oxygen atoms in total. The van der Waals surface area contributed by atoms with Gasteiger partial charge in [0.05, 0.1) is 5.69 Å². The average molecular weight is 246 g/mol. The van der Waals surface area contributed by atoms with Crippen molar-refractivity contribution in [2.75, 3.05) is 0 Å². The van der Waals surface area contributed by atoms with Gasteiger partial charge in [0.25, 0.3) is 0 Å². The first-order valence-corrected chi connectivity index (χ1v) is 5.73. The van der Waals surface area contributed by atoms with E-state index in [4.69, 9.17) is 10.5 Å². The molecule has 0 saturated heterocycles. The minimum absolute atomic E-state index is 0.173. The summed E-state index contributed by atoms with van der Waals surface area (Å²) < 4.78 is 19.5. The highest BCUT2D eigenvalue weighted by Gasteiger charge is 2.08. The van der Waals surface area contributed by atoms with Crippen LogP contribution in [0.5, 0.6) is 5.75 Å². The molecule has 0 bridgehead atoms. The van der Waals surface area contributed by atoms with Crippen LogP contribution in [0.3, 0.4) is 0 Å². The molecule has 0 atom stereocenters. The summed E-state index contributed by atoms with van der Waals surface area (Å²) in [6.07, 6.45) is 1.69. The van der Waals surface area contributed by atoms with Crippen molar-refractivity contribution < 1.29 is 9.13 Å². The first-order chi connectivity index (χ1) is 8.72. The molecular formula is C14H15FN2O. The molecule has 1 aromatic heterocycles. The average Bonchev–Trinajstić information content (AvgIpc) is 2.39. The Morgan fingerprint density at radius 1 is 1.22 bits per heavy atom. The van der Waals surface area contributed by atoms with Crippen LogP contribution in [-0.4, -0.2) is 4.98 Å². The van der Waals surface area contributed by atoms with Crippen LogP contribution < -0.4 is 10.5 Å². The fourth-order valence-corrected chi connectivity index (χ4v) is 1.68. The van der Waals surface area contributed by atoms with E-state index in [1.54, 1.807) is 30.5 Å². The molecule has 0 fully saturated rings. The van der Waals surface area contributed by atoms with E-state index in [9.17, 15) is 4.39 Å². The molecule has 0 unspecified atom stereocenters. The number of ether oxygens (including phenoxy) is 1. The molecule has 0 aliphatic heterocycles. The molecule has 0 radical (unpaired) electrons. The quantitative estimate of drug-likeness (QED) is 0.902. The van der Waals surface area contributed by atoms with Gasteiger partial charge in [0.1, 0.15) is 18.2 Å². The molecule has 0 aliphatic carbocycles. The summed E-state index contributed by atoms with van der Waals surface area (Å²) in [4.78, 5) is 4.11. The number of rotatable bonds is 4. The molecule has 18 heavy (non-hydrogen) atoms. The Bertz CT molecular complexity index is 543. The number of pyridine rings is 1. The summed E-state index contributed by atoms with van der Waals surface area (Å²) >= 11 is 0. The minimum Gasteiger partial charge on any atom is -0.487 e. The zero-order valence-corrected chi connectivity index (χ0v) is 10.2. The monoisotopic (exact) mass is 246 g/mol. The van der Waals surface area contributed by atoms with Crippen molar-refractivity contribution in [2.24, 2.45) is 5.73 Å². The highest BCUT2D eigenvalue weighted by atomic mass is 19.1. The van der Waals surface area contributed by atoms with E-state index in [-0.39, 0.29) is 19.0 Å². The molecule has 94 valence electrons. The molecule has 2 N–H and O–H groups in total. The van der Waals surface area contributed by atoms with E-state index < -0.39 is 0 Å². The number of hydrogen-bond acceptors (Lipinski definition) is 3. The lowest BCUT2D eigenvalue weighted by Crippen LogP contribution is -2.05. The predicted octanol–water partition coefficient (Wildman–Crippen LogP) is 2.57. The van der Waals surface area contributed by atoms with Crippen LogP contribution in [0, 0.1) is 12.7 Å². The normalized spacial score (nSPS) is 10.4. The second kappa shape index (κ2) is 5.60. The summed E-state index contributed by atoms with van der Waals surface area (Å²) in [5, 5.41) is 0.